The molecule has 0 radical (unpaired) electrons. The third-order valence-corrected chi connectivity index (χ3v) is 3.98. The molecule has 1 aliphatic heterocycles. The molecule has 0 amide bonds. The first-order valence-electron chi connectivity index (χ1n) is 7.08. The standard InChI is InChI=1S/C15H22N4/c1-10(2)19-9-12-14(17-19)5-4-13(16)15(12)18-7-6-11(3)8-18/h4-5,9-11H,6-8,16H2,1-3H3. The molecule has 1 aromatic carbocycles. The quantitative estimate of drug-likeness (QED) is 0.842. The van der Waals surface area contributed by atoms with Crippen molar-refractivity contribution in [2.45, 2.75) is 33.2 Å². The number of nitrogens with zero attached hydrogens (tertiary/aromatic N) is 3. The second kappa shape index (κ2) is 4.44. The van der Waals surface area contributed by atoms with Crippen LogP contribution in [0.15, 0.2) is 18.3 Å². The maximum absolute atomic E-state index is 6.22. The maximum Gasteiger partial charge on any atom is 0.0945 e. The average molecular weight is 258 g/mol. The van der Waals surface area contributed by atoms with Crippen molar-refractivity contribution >= 4 is 22.3 Å². The number of hydrogen-bond donors (Lipinski definition) is 1. The molecule has 1 aliphatic rings. The van der Waals surface area contributed by atoms with E-state index >= 15 is 0 Å². The molecule has 19 heavy (non-hydrogen) atoms. The van der Waals surface area contributed by atoms with E-state index in [9.17, 15) is 0 Å². The van der Waals surface area contributed by atoms with Gasteiger partial charge in [-0.2, -0.15) is 5.10 Å². The molecule has 2 aromatic rings. The van der Waals surface area contributed by atoms with Crippen LogP contribution in [0, 0.1) is 5.92 Å². The van der Waals surface area contributed by atoms with E-state index in [0.717, 1.165) is 30.2 Å². The zero-order chi connectivity index (χ0) is 13.6. The summed E-state index contributed by atoms with van der Waals surface area (Å²) < 4.78 is 2.02. The minimum Gasteiger partial charge on any atom is -0.397 e. The molecule has 0 saturated carbocycles. The van der Waals surface area contributed by atoms with E-state index < -0.39 is 0 Å². The lowest BCUT2D eigenvalue weighted by molar-refractivity contribution is 0.537. The van der Waals surface area contributed by atoms with Gasteiger partial charge in [-0.3, -0.25) is 4.68 Å². The van der Waals surface area contributed by atoms with Crippen LogP contribution in [0.3, 0.4) is 0 Å². The van der Waals surface area contributed by atoms with Crippen molar-refractivity contribution in [1.82, 2.24) is 9.78 Å². The molecule has 102 valence electrons. The number of fused-ring (bicyclic) bond motifs is 1. The van der Waals surface area contributed by atoms with Crippen molar-refractivity contribution in [2.24, 2.45) is 5.92 Å². The van der Waals surface area contributed by atoms with Gasteiger partial charge < -0.3 is 10.6 Å². The molecular formula is C15H22N4. The van der Waals surface area contributed by atoms with Gasteiger partial charge in [0.15, 0.2) is 0 Å². The van der Waals surface area contributed by atoms with Crippen molar-refractivity contribution in [2.75, 3.05) is 23.7 Å². The fraction of sp³-hybridized carbons (Fsp3) is 0.533. The number of anilines is 2. The van der Waals surface area contributed by atoms with Crippen molar-refractivity contribution in [3.05, 3.63) is 18.3 Å². The summed E-state index contributed by atoms with van der Waals surface area (Å²) in [6.07, 6.45) is 3.38. The highest BCUT2D eigenvalue weighted by Gasteiger charge is 2.23. The normalized spacial score (nSPS) is 19.8. The lowest BCUT2D eigenvalue weighted by atomic mass is 10.1. The van der Waals surface area contributed by atoms with Gasteiger partial charge in [0.1, 0.15) is 0 Å². The van der Waals surface area contributed by atoms with Crippen LogP contribution in [0.5, 0.6) is 0 Å². The highest BCUT2D eigenvalue weighted by atomic mass is 15.3. The number of aromatic nitrogens is 2. The monoisotopic (exact) mass is 258 g/mol. The SMILES string of the molecule is CC1CCN(c2c(N)ccc3nn(C(C)C)cc23)C1. The van der Waals surface area contributed by atoms with E-state index in [1.165, 1.54) is 17.5 Å². The zero-order valence-electron chi connectivity index (χ0n) is 11.9. The van der Waals surface area contributed by atoms with Crippen LogP contribution >= 0.6 is 0 Å². The first-order chi connectivity index (χ1) is 9.06. The Kier molecular flexibility index (Phi) is 2.88. The Labute approximate surface area is 114 Å². The number of nitrogens with two attached hydrogens (primary N) is 1. The minimum atomic E-state index is 0.374. The van der Waals surface area contributed by atoms with Gasteiger partial charge in [0.2, 0.25) is 0 Å². The van der Waals surface area contributed by atoms with E-state index in [0.29, 0.717) is 6.04 Å². The summed E-state index contributed by atoms with van der Waals surface area (Å²) in [5, 5.41) is 5.82. The molecule has 2 heterocycles. The molecular weight excluding hydrogens is 236 g/mol. The third kappa shape index (κ3) is 2.05. The van der Waals surface area contributed by atoms with Gasteiger partial charge in [0.25, 0.3) is 0 Å². The van der Waals surface area contributed by atoms with Crippen LogP contribution in [-0.2, 0) is 0 Å². The lowest BCUT2D eigenvalue weighted by Crippen LogP contribution is -2.20. The van der Waals surface area contributed by atoms with Crippen LogP contribution in [0.1, 0.15) is 33.2 Å². The Bertz CT molecular complexity index is 599. The first-order valence-corrected chi connectivity index (χ1v) is 7.08. The molecule has 1 aromatic heterocycles. The molecule has 0 aliphatic carbocycles. The van der Waals surface area contributed by atoms with Crippen LogP contribution in [0.25, 0.3) is 10.9 Å². The Morgan fingerprint density at radius 2 is 2.16 bits per heavy atom. The van der Waals surface area contributed by atoms with Crippen molar-refractivity contribution < 1.29 is 0 Å². The number of nitrogen functional groups attached to an aromatic ring is 1. The second-order valence-corrected chi connectivity index (χ2v) is 5.98. The van der Waals surface area contributed by atoms with E-state index in [2.05, 4.69) is 37.0 Å². The molecule has 1 fully saturated rings. The van der Waals surface area contributed by atoms with Gasteiger partial charge >= 0.3 is 0 Å². The molecule has 1 saturated heterocycles. The summed E-state index contributed by atoms with van der Waals surface area (Å²) in [5.41, 5.74) is 9.30. The molecule has 4 heteroatoms. The zero-order valence-corrected chi connectivity index (χ0v) is 11.9. The average Bonchev–Trinajstić information content (AvgIpc) is 2.95. The minimum absolute atomic E-state index is 0.374. The molecule has 4 nitrogen and oxygen atoms in total. The Morgan fingerprint density at radius 3 is 2.79 bits per heavy atom. The predicted molar refractivity (Wildman–Crippen MR) is 80.5 cm³/mol. The number of rotatable bonds is 2. The molecule has 1 unspecified atom stereocenters. The van der Waals surface area contributed by atoms with E-state index in [1.54, 1.807) is 0 Å². The predicted octanol–water partition coefficient (Wildman–Crippen LogP) is 3.05. The molecule has 1 atom stereocenters. The molecule has 0 spiro atoms. The molecule has 0 bridgehead atoms. The summed E-state index contributed by atoms with van der Waals surface area (Å²) in [6, 6.07) is 4.38. The highest BCUT2D eigenvalue weighted by molar-refractivity contribution is 5.98. The molecule has 2 N–H and O–H groups in total. The van der Waals surface area contributed by atoms with Gasteiger partial charge in [0.05, 0.1) is 16.9 Å². The summed E-state index contributed by atoms with van der Waals surface area (Å²) in [4.78, 5) is 2.41. The van der Waals surface area contributed by atoms with Crippen LogP contribution in [0.4, 0.5) is 11.4 Å². The van der Waals surface area contributed by atoms with Crippen molar-refractivity contribution in [3.63, 3.8) is 0 Å². The van der Waals surface area contributed by atoms with Crippen LogP contribution in [0.2, 0.25) is 0 Å². The summed E-state index contributed by atoms with van der Waals surface area (Å²) in [6.45, 7) is 8.78. The summed E-state index contributed by atoms with van der Waals surface area (Å²) in [7, 11) is 0. The van der Waals surface area contributed by atoms with E-state index in [-0.39, 0.29) is 0 Å². The number of benzene rings is 1. The van der Waals surface area contributed by atoms with Crippen molar-refractivity contribution in [3.8, 4) is 0 Å². The van der Waals surface area contributed by atoms with Crippen molar-refractivity contribution in [1.29, 1.82) is 0 Å². The third-order valence-electron chi connectivity index (χ3n) is 3.98. The summed E-state index contributed by atoms with van der Waals surface area (Å²) >= 11 is 0. The largest absolute Gasteiger partial charge is 0.397 e. The maximum atomic E-state index is 6.22. The van der Waals surface area contributed by atoms with Gasteiger partial charge in [-0.15, -0.1) is 0 Å². The van der Waals surface area contributed by atoms with E-state index in [1.807, 2.05) is 16.8 Å². The van der Waals surface area contributed by atoms with Gasteiger partial charge in [-0.05, 0) is 38.3 Å². The smallest absolute Gasteiger partial charge is 0.0945 e. The van der Waals surface area contributed by atoms with Crippen LogP contribution in [-0.4, -0.2) is 22.9 Å². The number of hydrogen-bond acceptors (Lipinski definition) is 3. The van der Waals surface area contributed by atoms with Gasteiger partial charge in [0, 0.05) is 30.7 Å². The first kappa shape index (κ1) is 12.3. The topological polar surface area (TPSA) is 47.1 Å². The fourth-order valence-electron chi connectivity index (χ4n) is 2.87. The van der Waals surface area contributed by atoms with Gasteiger partial charge in [-0.1, -0.05) is 6.92 Å². The Morgan fingerprint density at radius 1 is 1.37 bits per heavy atom. The van der Waals surface area contributed by atoms with Gasteiger partial charge in [-0.25, -0.2) is 0 Å². The Hall–Kier alpha value is -1.71. The second-order valence-electron chi connectivity index (χ2n) is 5.98. The van der Waals surface area contributed by atoms with Crippen LogP contribution < -0.4 is 10.6 Å². The lowest BCUT2D eigenvalue weighted by Gasteiger charge is -2.21. The molecule has 3 rings (SSSR count). The highest BCUT2D eigenvalue weighted by Crippen LogP contribution is 2.35. The fourth-order valence-corrected chi connectivity index (χ4v) is 2.87. The summed E-state index contributed by atoms with van der Waals surface area (Å²) in [5.74, 6) is 0.745. The van der Waals surface area contributed by atoms with E-state index in [4.69, 9.17) is 5.73 Å². The Balaban J connectivity index is 2.13.